The lowest BCUT2D eigenvalue weighted by Gasteiger charge is -2.09. The van der Waals surface area contributed by atoms with E-state index in [0.717, 1.165) is 17.7 Å². The van der Waals surface area contributed by atoms with Gasteiger partial charge in [0.15, 0.2) is 0 Å². The second-order valence-corrected chi connectivity index (χ2v) is 3.93. The Morgan fingerprint density at radius 2 is 2.12 bits per heavy atom. The molecule has 0 saturated carbocycles. The lowest BCUT2D eigenvalue weighted by atomic mass is 10.0. The zero-order chi connectivity index (χ0) is 11.4. The molecule has 2 aromatic rings. The highest BCUT2D eigenvalue weighted by Gasteiger charge is 2.06. The van der Waals surface area contributed by atoms with Gasteiger partial charge in [0.05, 0.1) is 12.6 Å². The van der Waals surface area contributed by atoms with Crippen LogP contribution in [0.2, 0.25) is 0 Å². The monoisotopic (exact) mass is 215 g/mol. The van der Waals surface area contributed by atoms with Gasteiger partial charge in [-0.3, -0.25) is 4.98 Å². The molecule has 2 nitrogen and oxygen atoms in total. The number of ether oxygens (including phenoxy) is 1. The fourth-order valence-electron chi connectivity index (χ4n) is 1.99. The second-order valence-electron chi connectivity index (χ2n) is 3.93. The number of rotatable bonds is 4. The molecular formula is C14H17NO. The molecule has 0 aliphatic rings. The van der Waals surface area contributed by atoms with Crippen molar-refractivity contribution in [1.29, 1.82) is 0 Å². The summed E-state index contributed by atoms with van der Waals surface area (Å²) in [4.78, 5) is 4.38. The Bertz CT molecular complexity index is 474. The molecule has 2 rings (SSSR count). The largest absolute Gasteiger partial charge is 0.496 e. The first-order valence-electron chi connectivity index (χ1n) is 5.77. The number of methoxy groups -OCH3 is 1. The molecular weight excluding hydrogens is 198 g/mol. The molecule has 0 aliphatic carbocycles. The minimum Gasteiger partial charge on any atom is -0.496 e. The van der Waals surface area contributed by atoms with E-state index in [4.69, 9.17) is 4.74 Å². The summed E-state index contributed by atoms with van der Waals surface area (Å²) >= 11 is 0. The van der Waals surface area contributed by atoms with E-state index >= 15 is 0 Å². The van der Waals surface area contributed by atoms with E-state index < -0.39 is 0 Å². The second kappa shape index (κ2) is 4.97. The number of unbranched alkanes of at least 4 members (excludes halogenated alkanes) is 1. The predicted octanol–water partition coefficient (Wildman–Crippen LogP) is 3.59. The summed E-state index contributed by atoms with van der Waals surface area (Å²) < 4.78 is 5.41. The number of nitrogens with zero attached hydrogens (tertiary/aromatic N) is 1. The van der Waals surface area contributed by atoms with Gasteiger partial charge in [-0.15, -0.1) is 0 Å². The third-order valence-corrected chi connectivity index (χ3v) is 2.83. The maximum atomic E-state index is 5.41. The number of aryl methyl sites for hydroxylation is 1. The predicted molar refractivity (Wildman–Crippen MR) is 66.9 cm³/mol. The minimum atomic E-state index is 0.928. The van der Waals surface area contributed by atoms with Crippen LogP contribution in [-0.2, 0) is 6.42 Å². The molecule has 84 valence electrons. The van der Waals surface area contributed by atoms with E-state index in [1.54, 1.807) is 13.3 Å². The molecule has 0 atom stereocenters. The highest BCUT2D eigenvalue weighted by atomic mass is 16.5. The molecule has 16 heavy (non-hydrogen) atoms. The molecule has 1 heterocycles. The van der Waals surface area contributed by atoms with Gasteiger partial charge in [-0.1, -0.05) is 25.5 Å². The molecule has 0 fully saturated rings. The first-order valence-corrected chi connectivity index (χ1v) is 5.77. The highest BCUT2D eigenvalue weighted by molar-refractivity contribution is 5.88. The molecule has 0 amide bonds. The quantitative estimate of drug-likeness (QED) is 0.777. The SMILES string of the molecule is CCCCc1cccc2nccc(OC)c12. The van der Waals surface area contributed by atoms with Crippen molar-refractivity contribution in [3.05, 3.63) is 36.0 Å². The molecule has 0 unspecified atom stereocenters. The van der Waals surface area contributed by atoms with E-state index in [1.807, 2.05) is 12.1 Å². The Morgan fingerprint density at radius 3 is 2.88 bits per heavy atom. The summed E-state index contributed by atoms with van der Waals surface area (Å²) in [6.45, 7) is 2.21. The van der Waals surface area contributed by atoms with Gasteiger partial charge in [0, 0.05) is 11.6 Å². The zero-order valence-corrected chi connectivity index (χ0v) is 9.86. The lowest BCUT2D eigenvalue weighted by molar-refractivity contribution is 0.419. The summed E-state index contributed by atoms with van der Waals surface area (Å²) in [7, 11) is 1.71. The van der Waals surface area contributed by atoms with E-state index in [2.05, 4.69) is 24.0 Å². The summed E-state index contributed by atoms with van der Waals surface area (Å²) in [6.07, 6.45) is 5.30. The topological polar surface area (TPSA) is 22.1 Å². The van der Waals surface area contributed by atoms with Crippen LogP contribution in [0.1, 0.15) is 25.3 Å². The van der Waals surface area contributed by atoms with Gasteiger partial charge in [-0.25, -0.2) is 0 Å². The van der Waals surface area contributed by atoms with Gasteiger partial charge < -0.3 is 4.74 Å². The van der Waals surface area contributed by atoms with Crippen molar-refractivity contribution in [2.75, 3.05) is 7.11 Å². The molecule has 0 aliphatic heterocycles. The molecule has 0 N–H and O–H groups in total. The van der Waals surface area contributed by atoms with Gasteiger partial charge in [-0.2, -0.15) is 0 Å². The molecule has 2 heteroatoms. The van der Waals surface area contributed by atoms with Crippen LogP contribution in [0, 0.1) is 0 Å². The standard InChI is InChI=1S/C14H17NO/c1-3-4-6-11-7-5-8-12-14(11)13(16-2)9-10-15-12/h5,7-10H,3-4,6H2,1-2H3. The van der Waals surface area contributed by atoms with Gasteiger partial charge in [-0.05, 0) is 30.5 Å². The van der Waals surface area contributed by atoms with Gasteiger partial charge in [0.25, 0.3) is 0 Å². The Kier molecular flexibility index (Phi) is 3.40. The fraction of sp³-hybridized carbons (Fsp3) is 0.357. The normalized spacial score (nSPS) is 10.6. The first kappa shape index (κ1) is 10.9. The Hall–Kier alpha value is -1.57. The van der Waals surface area contributed by atoms with Crippen LogP contribution in [-0.4, -0.2) is 12.1 Å². The summed E-state index contributed by atoms with van der Waals surface area (Å²) in [5.41, 5.74) is 2.36. The maximum absolute atomic E-state index is 5.41. The summed E-state index contributed by atoms with van der Waals surface area (Å²) in [5, 5.41) is 1.17. The maximum Gasteiger partial charge on any atom is 0.130 e. The zero-order valence-electron chi connectivity index (χ0n) is 9.86. The van der Waals surface area contributed by atoms with Crippen LogP contribution in [0.25, 0.3) is 10.9 Å². The van der Waals surface area contributed by atoms with Crippen molar-refractivity contribution in [2.45, 2.75) is 26.2 Å². The van der Waals surface area contributed by atoms with Crippen molar-refractivity contribution in [1.82, 2.24) is 4.98 Å². The van der Waals surface area contributed by atoms with Gasteiger partial charge in [0.2, 0.25) is 0 Å². The number of hydrogen-bond donors (Lipinski definition) is 0. The number of hydrogen-bond acceptors (Lipinski definition) is 2. The van der Waals surface area contributed by atoms with Crippen LogP contribution < -0.4 is 4.74 Å². The van der Waals surface area contributed by atoms with E-state index in [9.17, 15) is 0 Å². The Morgan fingerprint density at radius 1 is 1.25 bits per heavy atom. The molecule has 0 radical (unpaired) electrons. The van der Waals surface area contributed by atoms with Crippen LogP contribution in [0.4, 0.5) is 0 Å². The fourth-order valence-corrected chi connectivity index (χ4v) is 1.99. The smallest absolute Gasteiger partial charge is 0.130 e. The third-order valence-electron chi connectivity index (χ3n) is 2.83. The molecule has 0 bridgehead atoms. The minimum absolute atomic E-state index is 0.928. The molecule has 1 aromatic carbocycles. The van der Waals surface area contributed by atoms with E-state index in [1.165, 1.54) is 23.8 Å². The van der Waals surface area contributed by atoms with Crippen LogP contribution in [0.15, 0.2) is 30.5 Å². The number of fused-ring (bicyclic) bond motifs is 1. The average molecular weight is 215 g/mol. The van der Waals surface area contributed by atoms with Gasteiger partial charge in [0.1, 0.15) is 5.75 Å². The van der Waals surface area contributed by atoms with E-state index in [-0.39, 0.29) is 0 Å². The van der Waals surface area contributed by atoms with Crippen molar-refractivity contribution in [3.63, 3.8) is 0 Å². The molecule has 0 spiro atoms. The summed E-state index contributed by atoms with van der Waals surface area (Å²) in [6, 6.07) is 8.20. The molecule has 0 saturated heterocycles. The Labute approximate surface area is 96.3 Å². The van der Waals surface area contributed by atoms with Crippen molar-refractivity contribution < 1.29 is 4.74 Å². The van der Waals surface area contributed by atoms with Gasteiger partial charge >= 0.3 is 0 Å². The van der Waals surface area contributed by atoms with Crippen LogP contribution in [0.5, 0.6) is 5.75 Å². The van der Waals surface area contributed by atoms with Crippen LogP contribution >= 0.6 is 0 Å². The van der Waals surface area contributed by atoms with E-state index in [0.29, 0.717) is 0 Å². The van der Waals surface area contributed by atoms with Crippen molar-refractivity contribution in [3.8, 4) is 5.75 Å². The number of benzene rings is 1. The van der Waals surface area contributed by atoms with Crippen molar-refractivity contribution >= 4 is 10.9 Å². The summed E-state index contributed by atoms with van der Waals surface area (Å²) in [5.74, 6) is 0.928. The average Bonchev–Trinajstić information content (AvgIpc) is 2.35. The number of pyridine rings is 1. The Balaban J connectivity index is 2.54. The number of aromatic nitrogens is 1. The first-order chi connectivity index (χ1) is 7.86. The van der Waals surface area contributed by atoms with Crippen LogP contribution in [0.3, 0.4) is 0 Å². The third kappa shape index (κ3) is 2.01. The lowest BCUT2D eigenvalue weighted by Crippen LogP contribution is -1.92. The van der Waals surface area contributed by atoms with Crippen molar-refractivity contribution in [2.24, 2.45) is 0 Å². The highest BCUT2D eigenvalue weighted by Crippen LogP contribution is 2.28. The molecule has 1 aromatic heterocycles.